The lowest BCUT2D eigenvalue weighted by molar-refractivity contribution is -0.119. The summed E-state index contributed by atoms with van der Waals surface area (Å²) in [5.41, 5.74) is 3.15. The normalized spacial score (nSPS) is 15.6. The van der Waals surface area contributed by atoms with E-state index in [2.05, 4.69) is 44.5 Å². The molecule has 2 aromatic rings. The fourth-order valence-electron chi connectivity index (χ4n) is 2.98. The van der Waals surface area contributed by atoms with Crippen molar-refractivity contribution < 1.29 is 9.53 Å². The van der Waals surface area contributed by atoms with E-state index in [-0.39, 0.29) is 18.1 Å². The highest BCUT2D eigenvalue weighted by molar-refractivity contribution is 5.73. The van der Waals surface area contributed by atoms with E-state index in [4.69, 9.17) is 4.74 Å². The maximum Gasteiger partial charge on any atom is 0.226 e. The molecule has 6 nitrogen and oxygen atoms in total. The number of hydrogen-bond acceptors (Lipinski definition) is 5. The van der Waals surface area contributed by atoms with Crippen molar-refractivity contribution in [2.24, 2.45) is 0 Å². The van der Waals surface area contributed by atoms with Crippen LogP contribution in [0.4, 0.5) is 5.95 Å². The lowest BCUT2D eigenvalue weighted by Crippen LogP contribution is -2.52. The van der Waals surface area contributed by atoms with Crippen molar-refractivity contribution in [3.05, 3.63) is 42.1 Å². The summed E-state index contributed by atoms with van der Waals surface area (Å²) in [7, 11) is 1.73. The van der Waals surface area contributed by atoms with Gasteiger partial charge in [-0.15, -0.1) is 0 Å². The molecule has 0 spiro atoms. The topological polar surface area (TPSA) is 67.3 Å². The number of carbonyl (C=O) groups is 1. The Labute approximate surface area is 148 Å². The molecule has 6 heteroatoms. The quantitative estimate of drug-likeness (QED) is 0.872. The molecule has 0 bridgehead atoms. The van der Waals surface area contributed by atoms with E-state index in [0.717, 1.165) is 36.7 Å². The Morgan fingerprint density at radius 1 is 1.32 bits per heavy atom. The minimum Gasteiger partial charge on any atom is -0.378 e. The molecule has 25 heavy (non-hydrogen) atoms. The third-order valence-electron chi connectivity index (χ3n) is 4.35. The van der Waals surface area contributed by atoms with Gasteiger partial charge in [-0.2, -0.15) is 0 Å². The lowest BCUT2D eigenvalue weighted by Gasteiger charge is -2.38. The molecule has 1 saturated heterocycles. The van der Waals surface area contributed by atoms with E-state index < -0.39 is 0 Å². The molecule has 3 rings (SSSR count). The number of rotatable bonds is 6. The van der Waals surface area contributed by atoms with E-state index in [1.807, 2.05) is 13.0 Å². The fourth-order valence-corrected chi connectivity index (χ4v) is 2.98. The van der Waals surface area contributed by atoms with Crippen molar-refractivity contribution in [1.29, 1.82) is 0 Å². The average Bonchev–Trinajstić information content (AvgIpc) is 2.54. The van der Waals surface area contributed by atoms with E-state index in [9.17, 15) is 4.79 Å². The van der Waals surface area contributed by atoms with Crippen molar-refractivity contribution in [2.45, 2.75) is 32.4 Å². The number of carbonyl (C=O) groups excluding carboxylic acids is 1. The Balaban J connectivity index is 1.67. The van der Waals surface area contributed by atoms with Crippen LogP contribution in [0, 0.1) is 0 Å². The van der Waals surface area contributed by atoms with Crippen LogP contribution in [0.2, 0.25) is 0 Å². The number of benzene rings is 1. The summed E-state index contributed by atoms with van der Waals surface area (Å²) in [6.45, 7) is 5.21. The van der Waals surface area contributed by atoms with Gasteiger partial charge in [-0.3, -0.25) is 4.79 Å². The number of ether oxygens (including phenoxy) is 1. The largest absolute Gasteiger partial charge is 0.378 e. The van der Waals surface area contributed by atoms with Crippen LogP contribution in [0.1, 0.15) is 19.4 Å². The summed E-state index contributed by atoms with van der Waals surface area (Å²) < 4.78 is 5.30. The summed E-state index contributed by atoms with van der Waals surface area (Å²) in [6, 6.07) is 10.3. The maximum atomic E-state index is 11.1. The minimum atomic E-state index is -0.000610. The molecule has 1 aromatic heterocycles. The minimum absolute atomic E-state index is 0.000610. The molecule has 0 radical (unpaired) electrons. The molecule has 1 aliphatic heterocycles. The predicted molar refractivity (Wildman–Crippen MR) is 97.5 cm³/mol. The Morgan fingerprint density at radius 3 is 2.68 bits per heavy atom. The van der Waals surface area contributed by atoms with Crippen molar-refractivity contribution >= 4 is 11.9 Å². The molecule has 0 saturated carbocycles. The first-order valence-corrected chi connectivity index (χ1v) is 8.52. The number of amides is 1. The van der Waals surface area contributed by atoms with E-state index in [1.54, 1.807) is 20.2 Å². The van der Waals surface area contributed by atoms with Crippen LogP contribution in [0.25, 0.3) is 11.3 Å². The van der Waals surface area contributed by atoms with Gasteiger partial charge in [0, 0.05) is 44.9 Å². The first-order valence-electron chi connectivity index (χ1n) is 8.52. The van der Waals surface area contributed by atoms with E-state index in [1.165, 1.54) is 5.56 Å². The van der Waals surface area contributed by atoms with Gasteiger partial charge < -0.3 is 15.0 Å². The van der Waals surface area contributed by atoms with Crippen LogP contribution in [0.3, 0.4) is 0 Å². The standard InChI is InChI=1S/C19H24N4O2/c1-13(21-14(2)24)10-15-4-6-16(7-5-15)18-8-9-20-19(22-18)23-11-17(12-23)25-3/h4-9,13,17H,10-12H2,1-3H3,(H,21,24). The summed E-state index contributed by atoms with van der Waals surface area (Å²) in [5, 5.41) is 2.90. The van der Waals surface area contributed by atoms with Crippen molar-refractivity contribution in [2.75, 3.05) is 25.1 Å². The molecule has 1 unspecified atom stereocenters. The second-order valence-corrected chi connectivity index (χ2v) is 6.51. The van der Waals surface area contributed by atoms with Gasteiger partial charge >= 0.3 is 0 Å². The van der Waals surface area contributed by atoms with Gasteiger partial charge in [0.1, 0.15) is 0 Å². The van der Waals surface area contributed by atoms with Crippen molar-refractivity contribution in [1.82, 2.24) is 15.3 Å². The molecule has 132 valence electrons. The Morgan fingerprint density at radius 2 is 2.04 bits per heavy atom. The summed E-state index contributed by atoms with van der Waals surface area (Å²) in [5.74, 6) is 0.744. The Kier molecular flexibility index (Phi) is 5.28. The molecule has 1 amide bonds. The molecule has 1 aliphatic rings. The Bertz CT molecular complexity index is 726. The van der Waals surface area contributed by atoms with Gasteiger partial charge in [-0.25, -0.2) is 9.97 Å². The highest BCUT2D eigenvalue weighted by atomic mass is 16.5. The zero-order chi connectivity index (χ0) is 17.8. The van der Waals surface area contributed by atoms with Gasteiger partial charge in [-0.1, -0.05) is 24.3 Å². The first kappa shape index (κ1) is 17.4. The van der Waals surface area contributed by atoms with Crippen LogP contribution < -0.4 is 10.2 Å². The molecular formula is C19H24N4O2. The number of nitrogens with one attached hydrogen (secondary N) is 1. The SMILES string of the molecule is COC1CN(c2nccc(-c3ccc(CC(C)NC(C)=O)cc3)n2)C1. The first-order chi connectivity index (χ1) is 12.0. The summed E-state index contributed by atoms with van der Waals surface area (Å²) >= 11 is 0. The monoisotopic (exact) mass is 340 g/mol. The second kappa shape index (κ2) is 7.61. The maximum absolute atomic E-state index is 11.1. The average molecular weight is 340 g/mol. The summed E-state index contributed by atoms with van der Waals surface area (Å²) in [6.07, 6.45) is 2.88. The zero-order valence-corrected chi connectivity index (χ0v) is 14.9. The fraction of sp³-hybridized carbons (Fsp3) is 0.421. The number of methoxy groups -OCH3 is 1. The molecule has 1 fully saturated rings. The van der Waals surface area contributed by atoms with E-state index in [0.29, 0.717) is 0 Å². The number of anilines is 1. The number of nitrogens with zero attached hydrogens (tertiary/aromatic N) is 3. The predicted octanol–water partition coefficient (Wildman–Crippen LogP) is 2.05. The lowest BCUT2D eigenvalue weighted by atomic mass is 10.0. The smallest absolute Gasteiger partial charge is 0.226 e. The molecule has 2 heterocycles. The van der Waals surface area contributed by atoms with Gasteiger partial charge in [0.25, 0.3) is 0 Å². The van der Waals surface area contributed by atoms with Gasteiger partial charge in [-0.05, 0) is 25.0 Å². The van der Waals surface area contributed by atoms with Crippen LogP contribution >= 0.6 is 0 Å². The molecule has 1 atom stereocenters. The summed E-state index contributed by atoms with van der Waals surface area (Å²) in [4.78, 5) is 22.2. The molecule has 1 N–H and O–H groups in total. The third-order valence-corrected chi connectivity index (χ3v) is 4.35. The van der Waals surface area contributed by atoms with Crippen LogP contribution in [-0.2, 0) is 16.0 Å². The third kappa shape index (κ3) is 4.33. The highest BCUT2D eigenvalue weighted by Gasteiger charge is 2.28. The van der Waals surface area contributed by atoms with Crippen LogP contribution in [0.15, 0.2) is 36.5 Å². The van der Waals surface area contributed by atoms with Gasteiger partial charge in [0.05, 0.1) is 11.8 Å². The van der Waals surface area contributed by atoms with Gasteiger partial charge in [0.2, 0.25) is 11.9 Å². The van der Waals surface area contributed by atoms with Crippen LogP contribution in [0.5, 0.6) is 0 Å². The van der Waals surface area contributed by atoms with Crippen molar-refractivity contribution in [3.8, 4) is 11.3 Å². The molecule has 0 aliphatic carbocycles. The van der Waals surface area contributed by atoms with Crippen LogP contribution in [-0.4, -0.2) is 48.2 Å². The van der Waals surface area contributed by atoms with Gasteiger partial charge in [0.15, 0.2) is 0 Å². The van der Waals surface area contributed by atoms with Crippen molar-refractivity contribution in [3.63, 3.8) is 0 Å². The zero-order valence-electron chi connectivity index (χ0n) is 14.9. The Hall–Kier alpha value is -2.47. The highest BCUT2D eigenvalue weighted by Crippen LogP contribution is 2.23. The second-order valence-electron chi connectivity index (χ2n) is 6.51. The molecular weight excluding hydrogens is 316 g/mol. The number of hydrogen-bond donors (Lipinski definition) is 1. The molecule has 1 aromatic carbocycles. The van der Waals surface area contributed by atoms with E-state index >= 15 is 0 Å². The number of aromatic nitrogens is 2.